The van der Waals surface area contributed by atoms with Crippen molar-refractivity contribution in [3.63, 3.8) is 0 Å². The number of nitrogens with zero attached hydrogens (tertiary/aromatic N) is 4. The molecule has 16 heteroatoms. The molecule has 0 aliphatic heterocycles. The predicted octanol–water partition coefficient (Wildman–Crippen LogP) is 4.26. The Hall–Kier alpha value is -3.64. The third-order valence-corrected chi connectivity index (χ3v) is 6.13. The lowest BCUT2D eigenvalue weighted by atomic mass is 10.1. The molecule has 0 saturated carbocycles. The number of sulfonamides is 1. The number of aromatic nitrogens is 3. The Balaban J connectivity index is 1.99. The molecule has 0 spiro atoms. The number of carbonyl (C=O) groups is 1. The van der Waals surface area contributed by atoms with E-state index in [9.17, 15) is 39.6 Å². The highest BCUT2D eigenvalue weighted by atomic mass is 35.5. The summed E-state index contributed by atoms with van der Waals surface area (Å²) in [6, 6.07) is 5.55. The minimum Gasteiger partial charge on any atom is -0.266 e. The van der Waals surface area contributed by atoms with Gasteiger partial charge >= 0.3 is 12.4 Å². The van der Waals surface area contributed by atoms with E-state index in [0.717, 1.165) is 4.68 Å². The van der Waals surface area contributed by atoms with Gasteiger partial charge in [0.25, 0.3) is 15.9 Å². The number of alkyl halides is 6. The van der Waals surface area contributed by atoms with Crippen LogP contribution < -0.4 is 4.72 Å². The summed E-state index contributed by atoms with van der Waals surface area (Å²) >= 11 is 6.07. The highest BCUT2D eigenvalue weighted by Gasteiger charge is 2.38. The maximum absolute atomic E-state index is 13.0. The second kappa shape index (κ2) is 8.86. The summed E-state index contributed by atoms with van der Waals surface area (Å²) in [4.78, 5) is 11.1. The van der Waals surface area contributed by atoms with E-state index >= 15 is 0 Å². The second-order valence-electron chi connectivity index (χ2n) is 6.89. The number of benzene rings is 2. The van der Waals surface area contributed by atoms with Crippen LogP contribution in [0.4, 0.5) is 26.3 Å². The highest BCUT2D eigenvalue weighted by Crippen LogP contribution is 2.37. The van der Waals surface area contributed by atoms with Crippen molar-refractivity contribution in [2.24, 2.45) is 0 Å². The smallest absolute Gasteiger partial charge is 0.266 e. The lowest BCUT2D eigenvalue weighted by Crippen LogP contribution is -2.32. The maximum atomic E-state index is 13.0. The highest BCUT2D eigenvalue weighted by molar-refractivity contribution is 7.90. The number of halogens is 7. The molecule has 0 radical (unpaired) electrons. The van der Waals surface area contributed by atoms with Gasteiger partial charge in [-0.05, 0) is 43.3 Å². The molecule has 35 heavy (non-hydrogen) atoms. The zero-order chi connectivity index (χ0) is 26.3. The number of nitrogens with one attached hydrogen (secondary N) is 1. The molecule has 0 unspecified atom stereocenters. The van der Waals surface area contributed by atoms with Crippen molar-refractivity contribution in [1.82, 2.24) is 19.7 Å². The van der Waals surface area contributed by atoms with Crippen LogP contribution in [0.15, 0.2) is 41.3 Å². The largest absolute Gasteiger partial charge is 0.416 e. The SMILES string of the molecule is Cc1c(C(=O)NS(=O)(=O)c2cc(C(F)(F)F)cc(C(F)(F)F)c2)nnn1-c1ccc(C#N)cc1Cl. The maximum Gasteiger partial charge on any atom is 0.416 e. The van der Waals surface area contributed by atoms with Gasteiger partial charge < -0.3 is 0 Å². The van der Waals surface area contributed by atoms with E-state index in [1.807, 2.05) is 6.07 Å². The Morgan fingerprint density at radius 3 is 2.11 bits per heavy atom. The summed E-state index contributed by atoms with van der Waals surface area (Å²) in [6.45, 7) is 1.28. The van der Waals surface area contributed by atoms with Crippen molar-refractivity contribution in [2.75, 3.05) is 0 Å². The molecule has 8 nitrogen and oxygen atoms in total. The lowest BCUT2D eigenvalue weighted by Gasteiger charge is -2.14. The molecule has 3 rings (SSSR count). The van der Waals surface area contributed by atoms with Crippen LogP contribution in [-0.2, 0) is 22.4 Å². The molecule has 0 atom stereocenters. The molecule has 0 fully saturated rings. The van der Waals surface area contributed by atoms with Crippen molar-refractivity contribution in [1.29, 1.82) is 5.26 Å². The first-order chi connectivity index (χ1) is 16.0. The first-order valence-electron chi connectivity index (χ1n) is 9.03. The van der Waals surface area contributed by atoms with Crippen LogP contribution in [0.3, 0.4) is 0 Å². The van der Waals surface area contributed by atoms with Crippen molar-refractivity contribution in [3.05, 3.63) is 69.5 Å². The van der Waals surface area contributed by atoms with Gasteiger partial charge in [0.2, 0.25) is 0 Å². The number of amides is 1. The Kier molecular flexibility index (Phi) is 6.57. The fourth-order valence-corrected chi connectivity index (χ4v) is 4.11. The van der Waals surface area contributed by atoms with E-state index < -0.39 is 50.0 Å². The number of hydrogen-bond donors (Lipinski definition) is 1. The molecule has 184 valence electrons. The summed E-state index contributed by atoms with van der Waals surface area (Å²) < 4.78 is 106. The minimum atomic E-state index is -5.30. The molecule has 0 saturated heterocycles. The first-order valence-corrected chi connectivity index (χ1v) is 10.9. The molecule has 1 N–H and O–H groups in total. The van der Waals surface area contributed by atoms with Gasteiger partial charge in [0, 0.05) is 0 Å². The summed E-state index contributed by atoms with van der Waals surface area (Å²) in [5, 5.41) is 16.1. The van der Waals surface area contributed by atoms with Gasteiger partial charge in [-0.25, -0.2) is 17.8 Å². The Morgan fingerprint density at radius 2 is 1.63 bits per heavy atom. The van der Waals surface area contributed by atoms with Crippen molar-refractivity contribution in [3.8, 4) is 11.8 Å². The predicted molar refractivity (Wildman–Crippen MR) is 107 cm³/mol. The van der Waals surface area contributed by atoms with Gasteiger partial charge in [0.05, 0.1) is 44.1 Å². The van der Waals surface area contributed by atoms with Crippen LogP contribution in [0.2, 0.25) is 5.02 Å². The molecule has 0 bridgehead atoms. The molecule has 1 heterocycles. The molecular weight excluding hydrogens is 528 g/mol. The second-order valence-corrected chi connectivity index (χ2v) is 8.98. The summed E-state index contributed by atoms with van der Waals surface area (Å²) in [7, 11) is -5.20. The number of rotatable bonds is 4. The van der Waals surface area contributed by atoms with Crippen LogP contribution in [0.1, 0.15) is 32.9 Å². The molecule has 0 aliphatic carbocycles. The van der Waals surface area contributed by atoms with Crippen molar-refractivity contribution in [2.45, 2.75) is 24.2 Å². The topological polar surface area (TPSA) is 118 Å². The van der Waals surface area contributed by atoms with E-state index in [2.05, 4.69) is 10.3 Å². The Labute approximate surface area is 197 Å². The monoisotopic (exact) mass is 537 g/mol. The van der Waals surface area contributed by atoms with Gasteiger partial charge in [-0.1, -0.05) is 16.8 Å². The van der Waals surface area contributed by atoms with Crippen LogP contribution in [-0.4, -0.2) is 29.3 Å². The van der Waals surface area contributed by atoms with Gasteiger partial charge in [-0.15, -0.1) is 5.10 Å². The van der Waals surface area contributed by atoms with E-state index in [-0.39, 0.29) is 40.2 Å². The summed E-state index contributed by atoms with van der Waals surface area (Å²) in [6.07, 6.45) is -10.6. The normalized spacial score (nSPS) is 12.3. The molecule has 0 aliphatic rings. The van der Waals surface area contributed by atoms with Gasteiger partial charge in [0.1, 0.15) is 0 Å². The lowest BCUT2D eigenvalue weighted by molar-refractivity contribution is -0.143. The standard InChI is InChI=1S/C19H10ClF6N5O3S/c1-9-16(28-30-31(9)15-3-2-10(8-27)4-14(15)20)17(32)29-35(33,34)13-6-11(18(21,22)23)5-12(7-13)19(24,25)26/h2-7H,1H3,(H,29,32). The molecule has 2 aromatic carbocycles. The Morgan fingerprint density at radius 1 is 1.06 bits per heavy atom. The van der Waals surface area contributed by atoms with Crippen LogP contribution in [0.25, 0.3) is 5.69 Å². The minimum absolute atomic E-state index is 0.0280. The number of carbonyl (C=O) groups excluding carboxylic acids is 1. The summed E-state index contributed by atoms with van der Waals surface area (Å²) in [5.41, 5.74) is -4.05. The van der Waals surface area contributed by atoms with Gasteiger partial charge in [-0.3, -0.25) is 4.79 Å². The molecule has 1 amide bonds. The van der Waals surface area contributed by atoms with Gasteiger partial charge in [0.15, 0.2) is 5.69 Å². The average molecular weight is 538 g/mol. The number of hydrogen-bond acceptors (Lipinski definition) is 6. The first kappa shape index (κ1) is 26.0. The zero-order valence-electron chi connectivity index (χ0n) is 17.0. The van der Waals surface area contributed by atoms with Crippen LogP contribution in [0.5, 0.6) is 0 Å². The third-order valence-electron chi connectivity index (χ3n) is 4.51. The Bertz CT molecular complexity index is 1440. The quantitative estimate of drug-likeness (QED) is 0.497. The van der Waals surface area contributed by atoms with Crippen LogP contribution in [0, 0.1) is 18.3 Å². The van der Waals surface area contributed by atoms with E-state index in [0.29, 0.717) is 0 Å². The molecular formula is C19H10ClF6N5O3S. The molecule has 1 aromatic heterocycles. The summed E-state index contributed by atoms with van der Waals surface area (Å²) in [5.74, 6) is -1.47. The fraction of sp³-hybridized carbons (Fsp3) is 0.158. The fourth-order valence-electron chi connectivity index (χ4n) is 2.83. The average Bonchev–Trinajstić information content (AvgIpc) is 3.13. The third kappa shape index (κ3) is 5.38. The van der Waals surface area contributed by atoms with E-state index in [1.54, 1.807) is 0 Å². The van der Waals surface area contributed by atoms with Crippen molar-refractivity contribution < 1.29 is 39.6 Å². The van der Waals surface area contributed by atoms with Crippen molar-refractivity contribution >= 4 is 27.5 Å². The number of nitriles is 1. The zero-order valence-corrected chi connectivity index (χ0v) is 18.6. The molecule has 3 aromatic rings. The van der Waals surface area contributed by atoms with Crippen LogP contribution >= 0.6 is 11.6 Å². The van der Waals surface area contributed by atoms with E-state index in [1.165, 1.54) is 29.8 Å². The van der Waals surface area contributed by atoms with E-state index in [4.69, 9.17) is 16.9 Å². The van der Waals surface area contributed by atoms with Gasteiger partial charge in [-0.2, -0.15) is 31.6 Å².